The zero-order valence-electron chi connectivity index (χ0n) is 13.0. The van der Waals surface area contributed by atoms with E-state index in [4.69, 9.17) is 0 Å². The van der Waals surface area contributed by atoms with Crippen LogP contribution >= 0.6 is 11.3 Å². The van der Waals surface area contributed by atoms with Gasteiger partial charge in [0.2, 0.25) is 16.9 Å². The van der Waals surface area contributed by atoms with Crippen molar-refractivity contribution in [3.63, 3.8) is 0 Å². The van der Waals surface area contributed by atoms with Crippen molar-refractivity contribution in [2.75, 3.05) is 30.4 Å². The minimum Gasteiger partial charge on any atom is -0.308 e. The number of amides is 2. The summed E-state index contributed by atoms with van der Waals surface area (Å²) in [5, 5.41) is 10.4. The molecule has 0 aliphatic carbocycles. The zero-order chi connectivity index (χ0) is 17.1. The first-order chi connectivity index (χ1) is 11.6. The van der Waals surface area contributed by atoms with Crippen LogP contribution in [0.2, 0.25) is 0 Å². The standard InChI is InChI=1S/C15H16FN5O2S/c1-20(8-13(22)18-15-19-17-9-24-15)12-6-7-21(14(12)23)11-5-3-2-4-10(11)16/h2-5,9,12H,6-8H2,1H3,(H,18,19,22). The van der Waals surface area contributed by atoms with Crippen molar-refractivity contribution in [2.45, 2.75) is 12.5 Å². The number of hydrogen-bond donors (Lipinski definition) is 1. The highest BCUT2D eigenvalue weighted by atomic mass is 32.1. The van der Waals surface area contributed by atoms with Gasteiger partial charge in [0, 0.05) is 6.54 Å². The maximum atomic E-state index is 13.9. The fraction of sp³-hybridized carbons (Fsp3) is 0.333. The summed E-state index contributed by atoms with van der Waals surface area (Å²) in [6.07, 6.45) is 0.537. The Balaban J connectivity index is 1.62. The number of carbonyl (C=O) groups excluding carboxylic acids is 2. The van der Waals surface area contributed by atoms with E-state index in [0.717, 1.165) is 0 Å². The summed E-state index contributed by atoms with van der Waals surface area (Å²) >= 11 is 1.22. The number of nitrogens with zero attached hydrogens (tertiary/aromatic N) is 4. The largest absolute Gasteiger partial charge is 0.308 e. The van der Waals surface area contributed by atoms with Gasteiger partial charge in [-0.2, -0.15) is 0 Å². The monoisotopic (exact) mass is 349 g/mol. The number of rotatable bonds is 5. The van der Waals surface area contributed by atoms with E-state index in [-0.39, 0.29) is 24.0 Å². The molecule has 1 saturated heterocycles. The summed E-state index contributed by atoms with van der Waals surface area (Å²) in [5.74, 6) is -0.902. The van der Waals surface area contributed by atoms with Crippen molar-refractivity contribution >= 4 is 34.0 Å². The summed E-state index contributed by atoms with van der Waals surface area (Å²) in [6.45, 7) is 0.466. The molecule has 0 bridgehead atoms. The molecule has 7 nitrogen and oxygen atoms in total. The molecule has 9 heteroatoms. The predicted octanol–water partition coefficient (Wildman–Crippen LogP) is 1.35. The van der Waals surface area contributed by atoms with E-state index >= 15 is 0 Å². The lowest BCUT2D eigenvalue weighted by molar-refractivity contribution is -0.123. The molecule has 0 spiro atoms. The van der Waals surface area contributed by atoms with Crippen molar-refractivity contribution < 1.29 is 14.0 Å². The fourth-order valence-electron chi connectivity index (χ4n) is 2.71. The first-order valence-corrected chi connectivity index (χ1v) is 8.26. The number of para-hydroxylation sites is 1. The number of anilines is 2. The van der Waals surface area contributed by atoms with E-state index in [2.05, 4.69) is 15.5 Å². The Labute approximate surface area is 142 Å². The Morgan fingerprint density at radius 2 is 2.29 bits per heavy atom. The van der Waals surface area contributed by atoms with Crippen LogP contribution < -0.4 is 10.2 Å². The third kappa shape index (κ3) is 3.41. The molecule has 126 valence electrons. The molecule has 2 heterocycles. The molecule has 24 heavy (non-hydrogen) atoms. The summed E-state index contributed by atoms with van der Waals surface area (Å²) in [4.78, 5) is 27.7. The normalized spacial score (nSPS) is 17.5. The Bertz CT molecular complexity index is 739. The van der Waals surface area contributed by atoms with E-state index in [1.165, 1.54) is 27.8 Å². The average molecular weight is 349 g/mol. The van der Waals surface area contributed by atoms with Gasteiger partial charge in [-0.15, -0.1) is 10.2 Å². The number of aromatic nitrogens is 2. The van der Waals surface area contributed by atoms with E-state index in [1.807, 2.05) is 0 Å². The molecule has 3 rings (SSSR count). The number of likely N-dealkylation sites (N-methyl/N-ethyl adjacent to an activating group) is 1. The Kier molecular flexibility index (Phi) is 4.81. The van der Waals surface area contributed by atoms with Gasteiger partial charge in [-0.3, -0.25) is 19.8 Å². The van der Waals surface area contributed by atoms with Crippen molar-refractivity contribution in [2.24, 2.45) is 0 Å². The number of halogens is 1. The highest BCUT2D eigenvalue weighted by molar-refractivity contribution is 7.13. The van der Waals surface area contributed by atoms with Crippen molar-refractivity contribution in [1.29, 1.82) is 0 Å². The Morgan fingerprint density at radius 3 is 3.00 bits per heavy atom. The van der Waals surface area contributed by atoms with Crippen LogP contribution in [0.15, 0.2) is 29.8 Å². The first kappa shape index (κ1) is 16.5. The summed E-state index contributed by atoms with van der Waals surface area (Å²) in [7, 11) is 1.70. The highest BCUT2D eigenvalue weighted by Crippen LogP contribution is 2.26. The molecule has 1 aliphatic rings. The SMILES string of the molecule is CN(CC(=O)Nc1nncs1)C1CCN(c2ccccc2F)C1=O. The van der Waals surface area contributed by atoms with Crippen LogP contribution in [0.3, 0.4) is 0 Å². The summed E-state index contributed by atoms with van der Waals surface area (Å²) < 4.78 is 13.9. The lowest BCUT2D eigenvalue weighted by Crippen LogP contribution is -2.43. The minimum atomic E-state index is -0.454. The lowest BCUT2D eigenvalue weighted by atomic mass is 10.2. The molecule has 1 aromatic heterocycles. The van der Waals surface area contributed by atoms with Crippen LogP contribution in [0.5, 0.6) is 0 Å². The summed E-state index contributed by atoms with van der Waals surface area (Å²) in [6, 6.07) is 5.73. The molecule has 2 amide bonds. The van der Waals surface area contributed by atoms with Gasteiger partial charge in [0.1, 0.15) is 11.3 Å². The fourth-order valence-corrected chi connectivity index (χ4v) is 3.17. The van der Waals surface area contributed by atoms with Gasteiger partial charge in [0.25, 0.3) is 0 Å². The second-order valence-electron chi connectivity index (χ2n) is 5.45. The molecule has 2 aromatic rings. The molecule has 0 radical (unpaired) electrons. The molecule has 1 N–H and O–H groups in total. The van der Waals surface area contributed by atoms with Crippen LogP contribution in [0.1, 0.15) is 6.42 Å². The molecule has 0 saturated carbocycles. The van der Waals surface area contributed by atoms with Crippen LogP contribution in [0.4, 0.5) is 15.2 Å². The Hall–Kier alpha value is -2.39. The quantitative estimate of drug-likeness (QED) is 0.882. The van der Waals surface area contributed by atoms with Gasteiger partial charge >= 0.3 is 0 Å². The van der Waals surface area contributed by atoms with Crippen molar-refractivity contribution in [3.05, 3.63) is 35.6 Å². The van der Waals surface area contributed by atoms with Crippen LogP contribution in [-0.2, 0) is 9.59 Å². The van der Waals surface area contributed by atoms with E-state index < -0.39 is 11.9 Å². The van der Waals surface area contributed by atoms with Gasteiger partial charge in [-0.25, -0.2) is 4.39 Å². The third-order valence-electron chi connectivity index (χ3n) is 3.85. The number of hydrogen-bond acceptors (Lipinski definition) is 6. The number of nitrogens with one attached hydrogen (secondary N) is 1. The zero-order valence-corrected chi connectivity index (χ0v) is 13.8. The van der Waals surface area contributed by atoms with Gasteiger partial charge < -0.3 is 4.90 Å². The van der Waals surface area contributed by atoms with E-state index in [1.54, 1.807) is 30.1 Å². The number of carbonyl (C=O) groups is 2. The van der Waals surface area contributed by atoms with E-state index in [9.17, 15) is 14.0 Å². The second kappa shape index (κ2) is 7.02. The molecule has 1 aliphatic heterocycles. The van der Waals surface area contributed by atoms with Crippen LogP contribution in [0, 0.1) is 5.82 Å². The third-order valence-corrected chi connectivity index (χ3v) is 4.46. The van der Waals surface area contributed by atoms with E-state index in [0.29, 0.717) is 18.1 Å². The van der Waals surface area contributed by atoms with Crippen LogP contribution in [-0.4, -0.2) is 53.1 Å². The molecule has 1 unspecified atom stereocenters. The highest BCUT2D eigenvalue weighted by Gasteiger charge is 2.36. The molecule has 1 atom stereocenters. The first-order valence-electron chi connectivity index (χ1n) is 7.38. The predicted molar refractivity (Wildman–Crippen MR) is 88.3 cm³/mol. The number of benzene rings is 1. The maximum Gasteiger partial charge on any atom is 0.244 e. The lowest BCUT2D eigenvalue weighted by Gasteiger charge is -2.23. The second-order valence-corrected chi connectivity index (χ2v) is 6.29. The topological polar surface area (TPSA) is 78.4 Å². The maximum absolute atomic E-state index is 13.9. The molecule has 1 fully saturated rings. The van der Waals surface area contributed by atoms with Crippen molar-refractivity contribution in [1.82, 2.24) is 15.1 Å². The molecular formula is C15H16FN5O2S. The van der Waals surface area contributed by atoms with Gasteiger partial charge in [-0.1, -0.05) is 23.5 Å². The van der Waals surface area contributed by atoms with Gasteiger partial charge in [0.15, 0.2) is 0 Å². The van der Waals surface area contributed by atoms with Crippen molar-refractivity contribution in [3.8, 4) is 0 Å². The smallest absolute Gasteiger partial charge is 0.244 e. The Morgan fingerprint density at radius 1 is 1.50 bits per heavy atom. The van der Waals surface area contributed by atoms with Gasteiger partial charge in [0.05, 0.1) is 18.3 Å². The molecule has 1 aromatic carbocycles. The van der Waals surface area contributed by atoms with Crippen LogP contribution in [0.25, 0.3) is 0 Å². The minimum absolute atomic E-state index is 0.0428. The molecular weight excluding hydrogens is 333 g/mol. The van der Waals surface area contributed by atoms with Gasteiger partial charge in [-0.05, 0) is 25.6 Å². The average Bonchev–Trinajstić information content (AvgIpc) is 3.17. The summed E-state index contributed by atoms with van der Waals surface area (Å²) in [5.41, 5.74) is 1.79.